The fourth-order valence-corrected chi connectivity index (χ4v) is 3.78. The number of ketones is 1. The van der Waals surface area contributed by atoms with Crippen LogP contribution in [-0.2, 0) is 20.2 Å². The lowest BCUT2D eigenvalue weighted by Gasteiger charge is -2.14. The maximum atomic E-state index is 12.5. The fraction of sp³-hybridized carbons (Fsp3) is 0. The molecule has 128 valence electrons. The van der Waals surface area contributed by atoms with Crippen LogP contribution in [0.25, 0.3) is 0 Å². The van der Waals surface area contributed by atoms with Gasteiger partial charge in [0.15, 0.2) is 5.78 Å². The molecule has 0 aliphatic carbocycles. The molecule has 0 aliphatic heterocycles. The minimum Gasteiger partial charge on any atom is -0.398 e. The van der Waals surface area contributed by atoms with Gasteiger partial charge in [0.2, 0.25) is 0 Å². The monoisotopic (exact) mass is 372 g/mol. The van der Waals surface area contributed by atoms with Gasteiger partial charge in [-0.15, -0.1) is 0 Å². The first-order valence-corrected chi connectivity index (χ1v) is 9.09. The van der Waals surface area contributed by atoms with Gasteiger partial charge in [-0.05, 0) is 6.07 Å². The maximum Gasteiger partial charge on any atom is 0.298 e. The van der Waals surface area contributed by atoms with Gasteiger partial charge in [0, 0.05) is 11.1 Å². The van der Waals surface area contributed by atoms with Crippen molar-refractivity contribution in [2.45, 2.75) is 9.79 Å². The first-order chi connectivity index (χ1) is 10.9. The van der Waals surface area contributed by atoms with Gasteiger partial charge in [0.05, 0.1) is 11.4 Å². The van der Waals surface area contributed by atoms with Gasteiger partial charge in [-0.1, -0.05) is 30.3 Å². The zero-order chi connectivity index (χ0) is 18.3. The quantitative estimate of drug-likeness (QED) is 0.339. The van der Waals surface area contributed by atoms with E-state index in [1.165, 1.54) is 24.3 Å². The molecule has 0 aromatic heterocycles. The van der Waals surface area contributed by atoms with Crippen LogP contribution in [0.15, 0.2) is 46.2 Å². The summed E-state index contributed by atoms with van der Waals surface area (Å²) in [4.78, 5) is 10.2. The van der Waals surface area contributed by atoms with E-state index in [9.17, 15) is 26.2 Å². The van der Waals surface area contributed by atoms with Gasteiger partial charge in [-0.2, -0.15) is 16.8 Å². The van der Waals surface area contributed by atoms with Gasteiger partial charge in [-0.25, -0.2) is 0 Å². The van der Waals surface area contributed by atoms with Gasteiger partial charge < -0.3 is 11.5 Å². The molecule has 0 atom stereocenters. The number of nitrogens with two attached hydrogens (primary N) is 2. The topological polar surface area (TPSA) is 178 Å². The van der Waals surface area contributed by atoms with E-state index in [4.69, 9.17) is 16.0 Å². The summed E-state index contributed by atoms with van der Waals surface area (Å²) in [6.45, 7) is 0. The Labute approximate surface area is 137 Å². The molecule has 2 aromatic carbocycles. The van der Waals surface area contributed by atoms with Crippen LogP contribution >= 0.6 is 0 Å². The van der Waals surface area contributed by atoms with Crippen molar-refractivity contribution in [3.05, 3.63) is 47.5 Å². The summed E-state index contributed by atoms with van der Waals surface area (Å²) in [5, 5.41) is 0. The summed E-state index contributed by atoms with van der Waals surface area (Å²) in [7, 11) is -10.1. The molecule has 6 N–H and O–H groups in total. The molecule has 0 aliphatic rings. The SMILES string of the molecule is Nc1cc(C(=O)c2ccccc2)c(S(=O)(=O)O)c(N)c1S(=O)(=O)O. The van der Waals surface area contributed by atoms with Crippen LogP contribution in [0.1, 0.15) is 15.9 Å². The molecule has 0 radical (unpaired) electrons. The van der Waals surface area contributed by atoms with Crippen LogP contribution in [0.4, 0.5) is 11.4 Å². The largest absolute Gasteiger partial charge is 0.398 e. The average molecular weight is 372 g/mol. The van der Waals surface area contributed by atoms with E-state index in [0.29, 0.717) is 0 Å². The Hall–Kier alpha value is -2.47. The lowest BCUT2D eigenvalue weighted by molar-refractivity contribution is 0.103. The molecule has 0 unspecified atom stereocenters. The molecule has 9 nitrogen and oxygen atoms in total. The Kier molecular flexibility index (Phi) is 4.37. The third kappa shape index (κ3) is 3.23. The normalized spacial score (nSPS) is 12.1. The van der Waals surface area contributed by atoms with Crippen molar-refractivity contribution in [1.82, 2.24) is 0 Å². The summed E-state index contributed by atoms with van der Waals surface area (Å²) < 4.78 is 64.4. The van der Waals surface area contributed by atoms with E-state index in [2.05, 4.69) is 0 Å². The minimum absolute atomic E-state index is 0.0563. The zero-order valence-electron chi connectivity index (χ0n) is 11.9. The molecule has 24 heavy (non-hydrogen) atoms. The number of rotatable bonds is 4. The molecule has 0 spiro atoms. The highest BCUT2D eigenvalue weighted by molar-refractivity contribution is 7.87. The third-order valence-electron chi connectivity index (χ3n) is 3.09. The lowest BCUT2D eigenvalue weighted by atomic mass is 10.0. The van der Waals surface area contributed by atoms with Crippen LogP contribution in [0.5, 0.6) is 0 Å². The van der Waals surface area contributed by atoms with Crippen molar-refractivity contribution in [3.8, 4) is 0 Å². The Morgan fingerprint density at radius 3 is 1.83 bits per heavy atom. The number of benzene rings is 2. The highest BCUT2D eigenvalue weighted by Crippen LogP contribution is 2.35. The van der Waals surface area contributed by atoms with Crippen LogP contribution < -0.4 is 11.5 Å². The van der Waals surface area contributed by atoms with Gasteiger partial charge >= 0.3 is 0 Å². The lowest BCUT2D eigenvalue weighted by Crippen LogP contribution is -2.17. The second kappa shape index (κ2) is 5.87. The average Bonchev–Trinajstić information content (AvgIpc) is 2.43. The third-order valence-corrected chi connectivity index (χ3v) is 5.02. The second-order valence-corrected chi connectivity index (χ2v) is 7.45. The molecule has 2 aromatic rings. The molecular weight excluding hydrogens is 360 g/mol. The number of hydrogen-bond donors (Lipinski definition) is 4. The van der Waals surface area contributed by atoms with E-state index < -0.39 is 52.7 Å². The van der Waals surface area contributed by atoms with Crippen molar-refractivity contribution in [2.75, 3.05) is 11.5 Å². The second-order valence-electron chi connectivity index (χ2n) is 4.73. The maximum absolute atomic E-state index is 12.5. The molecule has 11 heteroatoms. The van der Waals surface area contributed by atoms with Crippen molar-refractivity contribution in [3.63, 3.8) is 0 Å². The summed E-state index contributed by atoms with van der Waals surface area (Å²) >= 11 is 0. The molecule has 0 heterocycles. The van der Waals surface area contributed by atoms with E-state index in [1.807, 2.05) is 0 Å². The predicted molar refractivity (Wildman–Crippen MR) is 84.8 cm³/mol. The van der Waals surface area contributed by atoms with Gasteiger partial charge in [0.1, 0.15) is 9.79 Å². The number of hydrogen-bond acceptors (Lipinski definition) is 7. The number of carbonyl (C=O) groups excluding carboxylic acids is 1. The zero-order valence-corrected chi connectivity index (χ0v) is 13.5. The van der Waals surface area contributed by atoms with Crippen LogP contribution in [0, 0.1) is 0 Å². The predicted octanol–water partition coefficient (Wildman–Crippen LogP) is 0.575. The first kappa shape index (κ1) is 17.9. The van der Waals surface area contributed by atoms with Crippen molar-refractivity contribution in [2.24, 2.45) is 0 Å². The van der Waals surface area contributed by atoms with Gasteiger partial charge in [-0.3, -0.25) is 13.9 Å². The van der Waals surface area contributed by atoms with Gasteiger partial charge in [0.25, 0.3) is 20.2 Å². The van der Waals surface area contributed by atoms with E-state index >= 15 is 0 Å². The number of anilines is 2. The molecule has 0 saturated heterocycles. The Balaban J connectivity index is 2.91. The van der Waals surface area contributed by atoms with Crippen molar-refractivity contribution < 1.29 is 30.7 Å². The van der Waals surface area contributed by atoms with E-state index in [0.717, 1.165) is 6.07 Å². The molecular formula is C13H12N2O7S2. The molecule has 2 rings (SSSR count). The van der Waals surface area contributed by atoms with Crippen LogP contribution in [0.2, 0.25) is 0 Å². The van der Waals surface area contributed by atoms with E-state index in [-0.39, 0.29) is 5.56 Å². The van der Waals surface area contributed by atoms with Crippen LogP contribution in [0.3, 0.4) is 0 Å². The van der Waals surface area contributed by atoms with Crippen molar-refractivity contribution >= 4 is 37.4 Å². The minimum atomic E-state index is -5.09. The highest BCUT2D eigenvalue weighted by Gasteiger charge is 2.31. The van der Waals surface area contributed by atoms with E-state index in [1.54, 1.807) is 6.07 Å². The summed E-state index contributed by atoms with van der Waals surface area (Å²) in [6, 6.07) is 8.11. The molecule has 0 bridgehead atoms. The summed E-state index contributed by atoms with van der Waals surface area (Å²) in [6.07, 6.45) is 0. The molecule has 0 fully saturated rings. The van der Waals surface area contributed by atoms with Crippen molar-refractivity contribution in [1.29, 1.82) is 0 Å². The highest BCUT2D eigenvalue weighted by atomic mass is 32.2. The van der Waals surface area contributed by atoms with Crippen LogP contribution in [-0.4, -0.2) is 31.7 Å². The molecule has 0 amide bonds. The summed E-state index contributed by atoms with van der Waals surface area (Å²) in [5.74, 6) is -0.858. The Morgan fingerprint density at radius 2 is 1.38 bits per heavy atom. The molecule has 0 saturated carbocycles. The number of nitrogen functional groups attached to an aromatic ring is 2. The smallest absolute Gasteiger partial charge is 0.298 e. The summed E-state index contributed by atoms with van der Waals surface area (Å²) in [5.41, 5.74) is 8.71. The Morgan fingerprint density at radius 1 is 0.875 bits per heavy atom. The fourth-order valence-electron chi connectivity index (χ4n) is 2.17. The Bertz CT molecular complexity index is 1030. The number of carbonyl (C=O) groups is 1. The first-order valence-electron chi connectivity index (χ1n) is 6.21. The standard InChI is InChI=1S/C13H12N2O7S2/c14-9-6-8(11(16)7-4-2-1-3-5-7)12(23(17,18)19)10(15)13(9)24(20,21)22/h1-6H,14-15H2,(H,17,18,19)(H,20,21,22).